The molecule has 0 spiro atoms. The SMILES string of the molecule is CNC(=O)c1cccc(NC(=O)CCC(=O)OCCc2ccccc2)c1. The van der Waals surface area contributed by atoms with Crippen molar-refractivity contribution in [2.75, 3.05) is 19.0 Å². The van der Waals surface area contributed by atoms with E-state index in [1.54, 1.807) is 24.3 Å². The number of carbonyl (C=O) groups is 3. The number of rotatable bonds is 8. The highest BCUT2D eigenvalue weighted by Crippen LogP contribution is 2.11. The van der Waals surface area contributed by atoms with Crippen LogP contribution >= 0.6 is 0 Å². The van der Waals surface area contributed by atoms with E-state index in [0.717, 1.165) is 5.56 Å². The number of hydrogen-bond donors (Lipinski definition) is 2. The summed E-state index contributed by atoms with van der Waals surface area (Å²) in [6.45, 7) is 0.290. The highest BCUT2D eigenvalue weighted by atomic mass is 16.5. The zero-order valence-electron chi connectivity index (χ0n) is 14.7. The predicted molar refractivity (Wildman–Crippen MR) is 98.8 cm³/mol. The molecule has 2 N–H and O–H groups in total. The number of amides is 2. The Morgan fingerprint density at radius 1 is 0.962 bits per heavy atom. The summed E-state index contributed by atoms with van der Waals surface area (Å²) < 4.78 is 5.14. The number of esters is 1. The van der Waals surface area contributed by atoms with Crippen LogP contribution in [0.4, 0.5) is 5.69 Å². The van der Waals surface area contributed by atoms with Gasteiger partial charge in [0.05, 0.1) is 13.0 Å². The number of carbonyl (C=O) groups excluding carboxylic acids is 3. The molecule has 0 fully saturated rings. The van der Waals surface area contributed by atoms with Crippen LogP contribution in [0.15, 0.2) is 54.6 Å². The fourth-order valence-electron chi connectivity index (χ4n) is 2.32. The Kier molecular flexibility index (Phi) is 7.36. The highest BCUT2D eigenvalue weighted by Gasteiger charge is 2.10. The molecule has 0 bridgehead atoms. The largest absolute Gasteiger partial charge is 0.465 e. The Morgan fingerprint density at radius 3 is 2.46 bits per heavy atom. The molecule has 136 valence electrons. The maximum atomic E-state index is 11.9. The van der Waals surface area contributed by atoms with Crippen LogP contribution in [-0.4, -0.2) is 31.4 Å². The first-order valence-corrected chi connectivity index (χ1v) is 8.40. The van der Waals surface area contributed by atoms with Gasteiger partial charge in [-0.25, -0.2) is 0 Å². The van der Waals surface area contributed by atoms with Gasteiger partial charge in [0.2, 0.25) is 5.91 Å². The summed E-state index contributed by atoms with van der Waals surface area (Å²) in [5, 5.41) is 5.19. The summed E-state index contributed by atoms with van der Waals surface area (Å²) in [5.74, 6) is -0.947. The van der Waals surface area contributed by atoms with Crippen molar-refractivity contribution in [2.45, 2.75) is 19.3 Å². The fourth-order valence-corrected chi connectivity index (χ4v) is 2.32. The van der Waals surface area contributed by atoms with Gasteiger partial charge >= 0.3 is 5.97 Å². The lowest BCUT2D eigenvalue weighted by atomic mass is 10.2. The Balaban J connectivity index is 1.71. The zero-order valence-corrected chi connectivity index (χ0v) is 14.7. The van der Waals surface area contributed by atoms with E-state index in [2.05, 4.69) is 10.6 Å². The van der Waals surface area contributed by atoms with Gasteiger partial charge in [-0.05, 0) is 23.8 Å². The minimum absolute atomic E-state index is 0.00968. The molecule has 2 amide bonds. The van der Waals surface area contributed by atoms with Gasteiger partial charge in [0.15, 0.2) is 0 Å². The van der Waals surface area contributed by atoms with E-state index in [1.165, 1.54) is 7.05 Å². The van der Waals surface area contributed by atoms with Crippen molar-refractivity contribution in [3.63, 3.8) is 0 Å². The normalized spacial score (nSPS) is 10.0. The van der Waals surface area contributed by atoms with E-state index in [-0.39, 0.29) is 24.7 Å². The molecule has 2 aromatic carbocycles. The van der Waals surface area contributed by atoms with Gasteiger partial charge in [0, 0.05) is 31.1 Å². The summed E-state index contributed by atoms with van der Waals surface area (Å²) in [6, 6.07) is 16.3. The fraction of sp³-hybridized carbons (Fsp3) is 0.250. The lowest BCUT2D eigenvalue weighted by Gasteiger charge is -2.07. The Hall–Kier alpha value is -3.15. The average Bonchev–Trinajstić information content (AvgIpc) is 2.67. The summed E-state index contributed by atoms with van der Waals surface area (Å²) in [5.41, 5.74) is 2.05. The second kappa shape index (κ2) is 9.98. The second-order valence-electron chi connectivity index (χ2n) is 5.66. The molecule has 0 aromatic heterocycles. The van der Waals surface area contributed by atoms with Gasteiger partial charge in [0.25, 0.3) is 5.91 Å². The molecule has 2 rings (SSSR count). The van der Waals surface area contributed by atoms with Gasteiger partial charge < -0.3 is 15.4 Å². The summed E-state index contributed by atoms with van der Waals surface area (Å²) in [6.07, 6.45) is 0.676. The van der Waals surface area contributed by atoms with Gasteiger partial charge in [-0.2, -0.15) is 0 Å². The van der Waals surface area contributed by atoms with Crippen LogP contribution in [0.2, 0.25) is 0 Å². The third-order valence-electron chi connectivity index (χ3n) is 3.69. The molecule has 0 aliphatic heterocycles. The Labute approximate surface area is 152 Å². The molecule has 0 aliphatic carbocycles. The topological polar surface area (TPSA) is 84.5 Å². The average molecular weight is 354 g/mol. The van der Waals surface area contributed by atoms with Crippen molar-refractivity contribution >= 4 is 23.5 Å². The molecule has 26 heavy (non-hydrogen) atoms. The molecule has 6 nitrogen and oxygen atoms in total. The summed E-state index contributed by atoms with van der Waals surface area (Å²) >= 11 is 0. The molecule has 0 aliphatic rings. The molecular formula is C20H22N2O4. The van der Waals surface area contributed by atoms with Crippen LogP contribution in [0.25, 0.3) is 0 Å². The molecule has 0 unspecified atom stereocenters. The first kappa shape index (κ1) is 19.2. The van der Waals surface area contributed by atoms with Gasteiger partial charge in [0.1, 0.15) is 0 Å². The van der Waals surface area contributed by atoms with E-state index in [9.17, 15) is 14.4 Å². The Morgan fingerprint density at radius 2 is 1.73 bits per heavy atom. The molecule has 0 radical (unpaired) electrons. The molecule has 0 heterocycles. The number of hydrogen-bond acceptors (Lipinski definition) is 4. The predicted octanol–water partition coefficient (Wildman–Crippen LogP) is 2.55. The number of nitrogens with one attached hydrogen (secondary N) is 2. The standard InChI is InChI=1S/C20H22N2O4/c1-21-20(25)16-8-5-9-17(14-16)22-18(23)10-11-19(24)26-13-12-15-6-3-2-4-7-15/h2-9,14H,10-13H2,1H3,(H,21,25)(H,22,23). The highest BCUT2D eigenvalue weighted by molar-refractivity contribution is 5.97. The maximum Gasteiger partial charge on any atom is 0.306 e. The van der Waals surface area contributed by atoms with E-state index < -0.39 is 5.97 Å². The second-order valence-corrected chi connectivity index (χ2v) is 5.66. The van der Waals surface area contributed by atoms with Crippen molar-refractivity contribution in [2.24, 2.45) is 0 Å². The summed E-state index contributed by atoms with van der Waals surface area (Å²) in [7, 11) is 1.54. The van der Waals surface area contributed by atoms with Crippen molar-refractivity contribution in [1.82, 2.24) is 5.32 Å². The molecule has 6 heteroatoms. The zero-order chi connectivity index (χ0) is 18.8. The van der Waals surface area contributed by atoms with Crippen LogP contribution in [0.1, 0.15) is 28.8 Å². The molecule has 0 saturated heterocycles. The lowest BCUT2D eigenvalue weighted by molar-refractivity contribution is -0.144. The monoisotopic (exact) mass is 354 g/mol. The van der Waals surface area contributed by atoms with Crippen LogP contribution in [0.3, 0.4) is 0 Å². The van der Waals surface area contributed by atoms with Crippen LogP contribution in [-0.2, 0) is 20.7 Å². The third-order valence-corrected chi connectivity index (χ3v) is 3.69. The van der Waals surface area contributed by atoms with Crippen LogP contribution < -0.4 is 10.6 Å². The van der Waals surface area contributed by atoms with Crippen molar-refractivity contribution in [3.8, 4) is 0 Å². The van der Waals surface area contributed by atoms with Crippen LogP contribution in [0, 0.1) is 0 Å². The molecular weight excluding hydrogens is 332 g/mol. The van der Waals surface area contributed by atoms with Crippen molar-refractivity contribution in [1.29, 1.82) is 0 Å². The lowest BCUT2D eigenvalue weighted by Crippen LogP contribution is -2.19. The maximum absolute atomic E-state index is 11.9. The van der Waals surface area contributed by atoms with E-state index in [1.807, 2.05) is 30.3 Å². The van der Waals surface area contributed by atoms with Gasteiger partial charge in [-0.1, -0.05) is 36.4 Å². The summed E-state index contributed by atoms with van der Waals surface area (Å²) in [4.78, 5) is 35.2. The van der Waals surface area contributed by atoms with Crippen LogP contribution in [0.5, 0.6) is 0 Å². The Bertz CT molecular complexity index is 759. The van der Waals surface area contributed by atoms with E-state index in [0.29, 0.717) is 24.3 Å². The minimum atomic E-state index is -0.407. The molecule has 2 aromatic rings. The quantitative estimate of drug-likeness (QED) is 0.714. The van der Waals surface area contributed by atoms with Gasteiger partial charge in [-0.15, -0.1) is 0 Å². The third kappa shape index (κ3) is 6.39. The number of benzene rings is 2. The van der Waals surface area contributed by atoms with Crippen molar-refractivity contribution in [3.05, 3.63) is 65.7 Å². The number of ether oxygens (including phenoxy) is 1. The first-order chi connectivity index (χ1) is 12.6. The van der Waals surface area contributed by atoms with E-state index in [4.69, 9.17) is 4.74 Å². The van der Waals surface area contributed by atoms with Crippen molar-refractivity contribution < 1.29 is 19.1 Å². The molecule has 0 saturated carbocycles. The first-order valence-electron chi connectivity index (χ1n) is 8.40. The van der Waals surface area contributed by atoms with E-state index >= 15 is 0 Å². The van der Waals surface area contributed by atoms with Gasteiger partial charge in [-0.3, -0.25) is 14.4 Å². The smallest absolute Gasteiger partial charge is 0.306 e. The number of anilines is 1. The minimum Gasteiger partial charge on any atom is -0.465 e. The molecule has 0 atom stereocenters.